The molecule has 0 amide bonds. The maximum absolute atomic E-state index is 11.9. The predicted octanol–water partition coefficient (Wildman–Crippen LogP) is 7.91. The van der Waals surface area contributed by atoms with Gasteiger partial charge in [0, 0.05) is 28.2 Å². The summed E-state index contributed by atoms with van der Waals surface area (Å²) in [5.41, 5.74) is 7.09. The average Bonchev–Trinajstić information content (AvgIpc) is 2.89. The quantitative estimate of drug-likeness (QED) is 0.153. The molecule has 0 fully saturated rings. The van der Waals surface area contributed by atoms with Gasteiger partial charge in [-0.1, -0.05) is 44.7 Å². The zero-order valence-corrected chi connectivity index (χ0v) is 22.2. The lowest BCUT2D eigenvalue weighted by molar-refractivity contribution is -0.140. The topological polar surface area (TPSA) is 55.8 Å². The molecule has 0 heterocycles. The first-order valence-electron chi connectivity index (χ1n) is 12.5. The van der Waals surface area contributed by atoms with Gasteiger partial charge < -0.3 is 14.4 Å². The van der Waals surface area contributed by atoms with Crippen molar-refractivity contribution in [2.45, 2.75) is 53.6 Å². The second-order valence-corrected chi connectivity index (χ2v) is 9.24. The van der Waals surface area contributed by atoms with Gasteiger partial charge >= 0.3 is 11.9 Å². The van der Waals surface area contributed by atoms with E-state index in [0.717, 1.165) is 41.9 Å². The van der Waals surface area contributed by atoms with Crippen molar-refractivity contribution in [2.75, 3.05) is 4.90 Å². The number of nitrogens with zero attached hydrogens (tertiary/aromatic N) is 1. The lowest BCUT2D eigenvalue weighted by Gasteiger charge is -2.27. The van der Waals surface area contributed by atoms with Crippen LogP contribution < -0.4 is 9.64 Å². The van der Waals surface area contributed by atoms with Crippen LogP contribution in [0.25, 0.3) is 0 Å². The fourth-order valence-corrected chi connectivity index (χ4v) is 3.75. The minimum Gasteiger partial charge on any atom is -0.457 e. The van der Waals surface area contributed by atoms with Gasteiger partial charge in [0.05, 0.1) is 0 Å². The van der Waals surface area contributed by atoms with E-state index in [4.69, 9.17) is 9.47 Å². The number of hydrogen-bond donors (Lipinski definition) is 0. The zero-order valence-electron chi connectivity index (χ0n) is 22.2. The molecule has 0 aliphatic carbocycles. The first-order chi connectivity index (χ1) is 17.7. The van der Waals surface area contributed by atoms with E-state index in [1.165, 1.54) is 11.1 Å². The Kier molecular flexibility index (Phi) is 9.45. The van der Waals surface area contributed by atoms with Gasteiger partial charge in [0.1, 0.15) is 12.4 Å². The standard InChI is InChI=1S/C32H35NO4/c1-7-8-9-26-20-29(13-10-24(26)6)33(28-16-18-30(19-17-28)37-32(35)23(4)5)27-14-11-25(12-15-27)21-36-31(34)22(2)3/h10-20H,2,4,7-9,21H2,1,3,5-6H3. The van der Waals surface area contributed by atoms with E-state index in [1.54, 1.807) is 26.0 Å². The van der Waals surface area contributed by atoms with Gasteiger partial charge in [-0.3, -0.25) is 0 Å². The van der Waals surface area contributed by atoms with Crippen molar-refractivity contribution < 1.29 is 19.1 Å². The van der Waals surface area contributed by atoms with Crippen LogP contribution in [-0.4, -0.2) is 11.9 Å². The fraction of sp³-hybridized carbons (Fsp3) is 0.250. The molecule has 192 valence electrons. The van der Waals surface area contributed by atoms with Crippen LogP contribution in [-0.2, 0) is 27.4 Å². The molecule has 0 saturated heterocycles. The highest BCUT2D eigenvalue weighted by molar-refractivity contribution is 5.89. The summed E-state index contributed by atoms with van der Waals surface area (Å²) in [6.07, 6.45) is 3.28. The molecule has 0 saturated carbocycles. The van der Waals surface area contributed by atoms with Crippen LogP contribution >= 0.6 is 0 Å². The molecule has 0 bridgehead atoms. The van der Waals surface area contributed by atoms with E-state index < -0.39 is 11.9 Å². The van der Waals surface area contributed by atoms with Gasteiger partial charge in [0.25, 0.3) is 0 Å². The summed E-state index contributed by atoms with van der Waals surface area (Å²) in [4.78, 5) is 25.8. The first-order valence-corrected chi connectivity index (χ1v) is 12.5. The SMILES string of the molecule is C=C(C)C(=O)OCc1ccc(N(c2ccc(OC(=O)C(=C)C)cc2)c2ccc(C)c(CCCC)c2)cc1. The Morgan fingerprint density at radius 1 is 0.811 bits per heavy atom. The molecule has 5 heteroatoms. The van der Waals surface area contributed by atoms with E-state index in [1.807, 2.05) is 36.4 Å². The molecular formula is C32H35NO4. The monoisotopic (exact) mass is 497 g/mol. The van der Waals surface area contributed by atoms with E-state index in [0.29, 0.717) is 16.9 Å². The van der Waals surface area contributed by atoms with Crippen LogP contribution in [0.5, 0.6) is 5.75 Å². The lowest BCUT2D eigenvalue weighted by atomic mass is 10.0. The Labute approximate surface area is 220 Å². The summed E-state index contributed by atoms with van der Waals surface area (Å²) < 4.78 is 10.7. The van der Waals surface area contributed by atoms with Crippen molar-refractivity contribution in [3.63, 3.8) is 0 Å². The minimum atomic E-state index is -0.452. The Balaban J connectivity index is 1.96. The number of esters is 2. The number of aryl methyl sites for hydroxylation is 2. The van der Waals surface area contributed by atoms with Gasteiger partial charge in [-0.05, 0) is 98.8 Å². The Bertz CT molecular complexity index is 1270. The molecule has 37 heavy (non-hydrogen) atoms. The van der Waals surface area contributed by atoms with Gasteiger partial charge in [0.2, 0.25) is 0 Å². The first kappa shape index (κ1) is 27.5. The lowest BCUT2D eigenvalue weighted by Crippen LogP contribution is -2.12. The number of unbranched alkanes of at least 4 members (excludes halogenated alkanes) is 1. The Hall–Kier alpha value is -4.12. The van der Waals surface area contributed by atoms with Gasteiger partial charge in [-0.2, -0.15) is 0 Å². The van der Waals surface area contributed by atoms with Crippen molar-refractivity contribution in [2.24, 2.45) is 0 Å². The summed E-state index contributed by atoms with van der Waals surface area (Å²) >= 11 is 0. The summed E-state index contributed by atoms with van der Waals surface area (Å²) in [6.45, 7) is 15.0. The minimum absolute atomic E-state index is 0.181. The highest BCUT2D eigenvalue weighted by atomic mass is 16.5. The Morgan fingerprint density at radius 2 is 1.38 bits per heavy atom. The van der Waals surface area contributed by atoms with Crippen molar-refractivity contribution in [1.82, 2.24) is 0 Å². The van der Waals surface area contributed by atoms with Gasteiger partial charge in [0.15, 0.2) is 0 Å². The number of carbonyl (C=O) groups excluding carboxylic acids is 2. The average molecular weight is 498 g/mol. The predicted molar refractivity (Wildman–Crippen MR) is 150 cm³/mol. The van der Waals surface area contributed by atoms with Gasteiger partial charge in [-0.15, -0.1) is 0 Å². The van der Waals surface area contributed by atoms with Crippen LogP contribution in [0.1, 0.15) is 50.3 Å². The number of anilines is 3. The van der Waals surface area contributed by atoms with Gasteiger partial charge in [-0.25, -0.2) is 9.59 Å². The molecule has 0 spiro atoms. The third-order valence-electron chi connectivity index (χ3n) is 5.96. The number of rotatable bonds is 11. The van der Waals surface area contributed by atoms with Crippen LogP contribution in [0.4, 0.5) is 17.1 Å². The molecule has 3 aromatic rings. The van der Waals surface area contributed by atoms with Crippen molar-refractivity contribution >= 4 is 29.0 Å². The molecule has 0 unspecified atom stereocenters. The maximum atomic E-state index is 11.9. The summed E-state index contributed by atoms with van der Waals surface area (Å²) in [6, 6.07) is 21.8. The van der Waals surface area contributed by atoms with Crippen LogP contribution in [0.15, 0.2) is 91.0 Å². The van der Waals surface area contributed by atoms with Crippen molar-refractivity contribution in [3.05, 3.63) is 108 Å². The molecule has 0 radical (unpaired) electrons. The molecule has 3 rings (SSSR count). The third-order valence-corrected chi connectivity index (χ3v) is 5.96. The van der Waals surface area contributed by atoms with Crippen LogP contribution in [0, 0.1) is 6.92 Å². The molecule has 0 aliphatic heterocycles. The Morgan fingerprint density at radius 3 is 1.95 bits per heavy atom. The maximum Gasteiger partial charge on any atom is 0.338 e. The highest BCUT2D eigenvalue weighted by Crippen LogP contribution is 2.36. The van der Waals surface area contributed by atoms with E-state index in [9.17, 15) is 9.59 Å². The molecule has 0 aliphatic rings. The summed E-state index contributed by atoms with van der Waals surface area (Å²) in [5.74, 6) is -0.400. The smallest absolute Gasteiger partial charge is 0.338 e. The normalized spacial score (nSPS) is 10.5. The fourth-order valence-electron chi connectivity index (χ4n) is 3.75. The molecule has 0 atom stereocenters. The molecule has 0 aromatic heterocycles. The summed E-state index contributed by atoms with van der Waals surface area (Å²) in [5, 5.41) is 0. The van der Waals surface area contributed by atoms with E-state index in [2.05, 4.69) is 50.1 Å². The van der Waals surface area contributed by atoms with E-state index >= 15 is 0 Å². The molecular weight excluding hydrogens is 462 g/mol. The molecule has 5 nitrogen and oxygen atoms in total. The highest BCUT2D eigenvalue weighted by Gasteiger charge is 2.15. The number of ether oxygens (including phenoxy) is 2. The number of carbonyl (C=O) groups is 2. The zero-order chi connectivity index (χ0) is 26.9. The summed E-state index contributed by atoms with van der Waals surface area (Å²) in [7, 11) is 0. The van der Waals surface area contributed by atoms with Crippen LogP contribution in [0.2, 0.25) is 0 Å². The number of hydrogen-bond acceptors (Lipinski definition) is 5. The largest absolute Gasteiger partial charge is 0.457 e. The van der Waals surface area contributed by atoms with Crippen molar-refractivity contribution in [1.29, 1.82) is 0 Å². The second kappa shape index (κ2) is 12.7. The second-order valence-electron chi connectivity index (χ2n) is 9.24. The number of benzene rings is 3. The third kappa shape index (κ3) is 7.43. The van der Waals surface area contributed by atoms with Crippen LogP contribution in [0.3, 0.4) is 0 Å². The molecule has 3 aromatic carbocycles. The van der Waals surface area contributed by atoms with E-state index in [-0.39, 0.29) is 6.61 Å². The molecule has 0 N–H and O–H groups in total. The van der Waals surface area contributed by atoms with Crippen molar-refractivity contribution in [3.8, 4) is 5.75 Å².